The topological polar surface area (TPSA) is 84.2 Å². The van der Waals surface area contributed by atoms with Gasteiger partial charge in [0.25, 0.3) is 5.91 Å². The zero-order valence-electron chi connectivity index (χ0n) is 14.5. The first-order valence-electron chi connectivity index (χ1n) is 8.62. The summed E-state index contributed by atoms with van der Waals surface area (Å²) in [5, 5.41) is 9.10. The zero-order chi connectivity index (χ0) is 18.1. The monoisotopic (exact) mass is 372 g/mol. The Morgan fingerprint density at radius 2 is 2.23 bits per heavy atom. The Bertz CT molecular complexity index is 832. The van der Waals surface area contributed by atoms with E-state index in [0.717, 1.165) is 23.7 Å². The summed E-state index contributed by atoms with van der Waals surface area (Å²) in [6.45, 7) is 2.52. The predicted molar refractivity (Wildman–Crippen MR) is 95.6 cm³/mol. The molecule has 2 aromatic rings. The van der Waals surface area contributed by atoms with Gasteiger partial charge in [-0.05, 0) is 24.8 Å². The predicted octanol–water partition coefficient (Wildman–Crippen LogP) is 1.21. The Kier molecular flexibility index (Phi) is 4.62. The number of hydrogen-bond acceptors (Lipinski definition) is 6. The minimum Gasteiger partial charge on any atom is -0.337 e. The molecular formula is C17H20N6O2S. The number of carbonyl (C=O) groups excluding carboxylic acids is 2. The van der Waals surface area contributed by atoms with Crippen molar-refractivity contribution in [2.75, 3.05) is 25.9 Å². The van der Waals surface area contributed by atoms with Gasteiger partial charge in [-0.3, -0.25) is 9.59 Å². The van der Waals surface area contributed by atoms with Crippen LogP contribution >= 0.6 is 11.8 Å². The molecule has 0 spiro atoms. The third-order valence-electron chi connectivity index (χ3n) is 4.80. The van der Waals surface area contributed by atoms with Gasteiger partial charge in [0.2, 0.25) is 5.91 Å². The van der Waals surface area contributed by atoms with Gasteiger partial charge in [0.05, 0.1) is 24.3 Å². The Labute approximate surface area is 155 Å². The highest BCUT2D eigenvalue weighted by molar-refractivity contribution is 7.98. The highest BCUT2D eigenvalue weighted by Crippen LogP contribution is 2.26. The van der Waals surface area contributed by atoms with Crippen LogP contribution in [-0.2, 0) is 11.3 Å². The van der Waals surface area contributed by atoms with Gasteiger partial charge in [-0.15, -0.1) is 16.9 Å². The first kappa shape index (κ1) is 17.0. The molecule has 4 rings (SSSR count). The number of rotatable bonds is 5. The molecule has 2 aliphatic heterocycles. The van der Waals surface area contributed by atoms with Gasteiger partial charge >= 0.3 is 0 Å². The minimum absolute atomic E-state index is 0.00158. The largest absolute Gasteiger partial charge is 0.337 e. The van der Waals surface area contributed by atoms with Crippen LogP contribution in [0.15, 0.2) is 29.6 Å². The summed E-state index contributed by atoms with van der Waals surface area (Å²) in [5.41, 5.74) is 1.44. The molecule has 0 aliphatic carbocycles. The normalized spacial score (nSPS) is 17.7. The molecule has 0 atom stereocenters. The lowest BCUT2D eigenvalue weighted by Crippen LogP contribution is -2.51. The molecule has 2 saturated heterocycles. The number of thioether (sulfide) groups is 1. The van der Waals surface area contributed by atoms with Gasteiger partial charge in [-0.2, -0.15) is 0 Å². The van der Waals surface area contributed by atoms with E-state index in [2.05, 4.69) is 15.3 Å². The number of nitrogens with zero attached hydrogens (tertiary/aromatic N) is 6. The van der Waals surface area contributed by atoms with Gasteiger partial charge in [0, 0.05) is 32.3 Å². The van der Waals surface area contributed by atoms with Crippen LogP contribution < -0.4 is 0 Å². The molecule has 0 radical (unpaired) electrons. The Balaban J connectivity index is 1.36. The fraction of sp³-hybridized carbons (Fsp3) is 0.471. The SMILES string of the molecule is CSc1ncccc1C(=O)N1CC(n2cc(CN3CCCC3=O)nn2)C1. The fourth-order valence-corrected chi connectivity index (χ4v) is 3.85. The van der Waals surface area contributed by atoms with Crippen LogP contribution in [0, 0.1) is 0 Å². The molecule has 0 saturated carbocycles. The molecule has 2 amide bonds. The lowest BCUT2D eigenvalue weighted by atomic mass is 10.1. The summed E-state index contributed by atoms with van der Waals surface area (Å²) in [4.78, 5) is 32.2. The van der Waals surface area contributed by atoms with Crippen LogP contribution in [0.3, 0.4) is 0 Å². The van der Waals surface area contributed by atoms with Crippen molar-refractivity contribution in [2.45, 2.75) is 30.5 Å². The Morgan fingerprint density at radius 3 is 2.96 bits per heavy atom. The fourth-order valence-electron chi connectivity index (χ4n) is 3.31. The first-order valence-corrected chi connectivity index (χ1v) is 9.85. The van der Waals surface area contributed by atoms with Crippen molar-refractivity contribution in [1.29, 1.82) is 0 Å². The number of pyridine rings is 1. The third-order valence-corrected chi connectivity index (χ3v) is 5.51. The maximum absolute atomic E-state index is 12.6. The van der Waals surface area contributed by atoms with Crippen LogP contribution in [-0.4, -0.2) is 67.5 Å². The molecule has 0 bridgehead atoms. The Morgan fingerprint density at radius 1 is 1.38 bits per heavy atom. The highest BCUT2D eigenvalue weighted by Gasteiger charge is 2.34. The van der Waals surface area contributed by atoms with Crippen molar-refractivity contribution >= 4 is 23.6 Å². The van der Waals surface area contributed by atoms with Gasteiger partial charge in [0.15, 0.2) is 0 Å². The highest BCUT2D eigenvalue weighted by atomic mass is 32.2. The van der Waals surface area contributed by atoms with Crippen molar-refractivity contribution in [3.05, 3.63) is 35.8 Å². The molecule has 2 fully saturated rings. The number of aromatic nitrogens is 4. The minimum atomic E-state index is 0.00158. The molecule has 2 aromatic heterocycles. The van der Waals surface area contributed by atoms with E-state index in [4.69, 9.17) is 0 Å². The second kappa shape index (κ2) is 7.06. The van der Waals surface area contributed by atoms with E-state index in [1.807, 2.05) is 23.4 Å². The van der Waals surface area contributed by atoms with Crippen molar-refractivity contribution in [1.82, 2.24) is 29.8 Å². The first-order chi connectivity index (χ1) is 12.7. The molecule has 9 heteroatoms. The standard InChI is InChI=1S/C17H20N6O2S/c1-26-16-14(4-2-6-18-16)17(25)22-10-13(11-22)23-9-12(19-20-23)8-21-7-3-5-15(21)24/h2,4,6,9,13H,3,5,7-8,10-11H2,1H3. The van der Waals surface area contributed by atoms with Crippen molar-refractivity contribution < 1.29 is 9.59 Å². The maximum atomic E-state index is 12.6. The summed E-state index contributed by atoms with van der Waals surface area (Å²) >= 11 is 1.47. The molecule has 8 nitrogen and oxygen atoms in total. The van der Waals surface area contributed by atoms with Gasteiger partial charge in [0.1, 0.15) is 10.7 Å². The summed E-state index contributed by atoms with van der Waals surface area (Å²) in [6, 6.07) is 3.73. The lowest BCUT2D eigenvalue weighted by molar-refractivity contribution is -0.128. The Hall–Kier alpha value is -2.42. The quantitative estimate of drug-likeness (QED) is 0.734. The average molecular weight is 372 g/mol. The molecule has 0 N–H and O–H groups in total. The molecule has 4 heterocycles. The van der Waals surface area contributed by atoms with Gasteiger partial charge in [-0.25, -0.2) is 9.67 Å². The van der Waals surface area contributed by atoms with Crippen molar-refractivity contribution in [3.8, 4) is 0 Å². The van der Waals surface area contributed by atoms with E-state index in [1.54, 1.807) is 21.8 Å². The number of likely N-dealkylation sites (tertiary alicyclic amines) is 2. The van der Waals surface area contributed by atoms with Crippen molar-refractivity contribution in [3.63, 3.8) is 0 Å². The van der Waals surface area contributed by atoms with E-state index in [0.29, 0.717) is 31.6 Å². The van der Waals surface area contributed by atoms with Crippen LogP contribution in [0.5, 0.6) is 0 Å². The molecule has 0 unspecified atom stereocenters. The average Bonchev–Trinajstić information content (AvgIpc) is 3.23. The zero-order valence-corrected chi connectivity index (χ0v) is 15.4. The molecule has 26 heavy (non-hydrogen) atoms. The number of amides is 2. The second-order valence-corrected chi connectivity index (χ2v) is 7.33. The number of carbonyl (C=O) groups is 2. The summed E-state index contributed by atoms with van der Waals surface area (Å²) in [5.74, 6) is 0.183. The maximum Gasteiger partial charge on any atom is 0.256 e. The number of hydrogen-bond donors (Lipinski definition) is 0. The van der Waals surface area contributed by atoms with Gasteiger partial charge in [-0.1, -0.05) is 5.21 Å². The van der Waals surface area contributed by atoms with E-state index < -0.39 is 0 Å². The molecule has 136 valence electrons. The molecule has 0 aromatic carbocycles. The van der Waals surface area contributed by atoms with Crippen molar-refractivity contribution in [2.24, 2.45) is 0 Å². The van der Waals surface area contributed by atoms with Crippen LogP contribution in [0.2, 0.25) is 0 Å². The van der Waals surface area contributed by atoms with Crippen LogP contribution in [0.1, 0.15) is 34.9 Å². The smallest absolute Gasteiger partial charge is 0.256 e. The summed E-state index contributed by atoms with van der Waals surface area (Å²) in [6.07, 6.45) is 7.04. The molecular weight excluding hydrogens is 352 g/mol. The summed E-state index contributed by atoms with van der Waals surface area (Å²) < 4.78 is 1.80. The second-order valence-electron chi connectivity index (χ2n) is 6.53. The third kappa shape index (κ3) is 3.18. The van der Waals surface area contributed by atoms with E-state index in [9.17, 15) is 9.59 Å². The van der Waals surface area contributed by atoms with Crippen LogP contribution in [0.4, 0.5) is 0 Å². The van der Waals surface area contributed by atoms with E-state index in [-0.39, 0.29) is 17.9 Å². The van der Waals surface area contributed by atoms with Gasteiger partial charge < -0.3 is 9.80 Å². The summed E-state index contributed by atoms with van der Waals surface area (Å²) in [7, 11) is 0. The molecule has 2 aliphatic rings. The van der Waals surface area contributed by atoms with E-state index in [1.165, 1.54) is 11.8 Å². The lowest BCUT2D eigenvalue weighted by Gasteiger charge is -2.39. The van der Waals surface area contributed by atoms with E-state index >= 15 is 0 Å². The van der Waals surface area contributed by atoms with Crippen LogP contribution in [0.25, 0.3) is 0 Å².